The van der Waals surface area contributed by atoms with E-state index in [1.807, 2.05) is 38.1 Å². The second-order valence-electron chi connectivity index (χ2n) is 5.12. The van der Waals surface area contributed by atoms with E-state index in [0.29, 0.717) is 6.54 Å². The fourth-order valence-corrected chi connectivity index (χ4v) is 2.25. The maximum absolute atomic E-state index is 12.3. The van der Waals surface area contributed by atoms with Gasteiger partial charge in [0.25, 0.3) is 0 Å². The fourth-order valence-electron chi connectivity index (χ4n) is 1.80. The van der Waals surface area contributed by atoms with Gasteiger partial charge in [0.2, 0.25) is 5.91 Å². The van der Waals surface area contributed by atoms with Crippen LogP contribution in [0, 0.1) is 0 Å². The van der Waals surface area contributed by atoms with Crippen LogP contribution in [-0.2, 0) is 20.9 Å². The van der Waals surface area contributed by atoms with Gasteiger partial charge in [-0.25, -0.2) is 0 Å². The molecule has 0 saturated carbocycles. The first-order chi connectivity index (χ1) is 10.4. The molecule has 0 radical (unpaired) electrons. The van der Waals surface area contributed by atoms with Crippen LogP contribution >= 0.6 is 15.9 Å². The molecule has 22 heavy (non-hydrogen) atoms. The summed E-state index contributed by atoms with van der Waals surface area (Å²) in [7, 11) is 0. The molecule has 0 aromatic heterocycles. The van der Waals surface area contributed by atoms with Crippen LogP contribution in [0.15, 0.2) is 28.7 Å². The Bertz CT molecular complexity index is 507. The van der Waals surface area contributed by atoms with E-state index in [2.05, 4.69) is 15.9 Å². The lowest BCUT2D eigenvalue weighted by atomic mass is 10.2. The first-order valence-electron chi connectivity index (χ1n) is 7.28. The summed E-state index contributed by atoms with van der Waals surface area (Å²) in [6, 6.07) is 7.60. The fraction of sp³-hybridized carbons (Fsp3) is 0.500. The molecule has 0 aliphatic rings. The van der Waals surface area contributed by atoms with Crippen molar-refractivity contribution >= 4 is 27.8 Å². The molecule has 1 atom stereocenters. The Morgan fingerprint density at radius 1 is 1.41 bits per heavy atom. The molecule has 0 spiro atoms. The van der Waals surface area contributed by atoms with Crippen LogP contribution in [0.1, 0.15) is 32.3 Å². The zero-order chi connectivity index (χ0) is 16.5. The van der Waals surface area contributed by atoms with Gasteiger partial charge in [0.15, 0.2) is 0 Å². The molecule has 1 aromatic rings. The third-order valence-electron chi connectivity index (χ3n) is 3.28. The highest BCUT2D eigenvalue weighted by atomic mass is 79.9. The summed E-state index contributed by atoms with van der Waals surface area (Å²) >= 11 is 3.39. The number of carbonyl (C=O) groups is 2. The molecule has 0 aliphatic carbocycles. The van der Waals surface area contributed by atoms with Gasteiger partial charge in [0.05, 0.1) is 12.5 Å². The number of carboxylic acids is 1. The van der Waals surface area contributed by atoms with E-state index < -0.39 is 5.97 Å². The van der Waals surface area contributed by atoms with Gasteiger partial charge in [-0.1, -0.05) is 35.0 Å². The van der Waals surface area contributed by atoms with Crippen molar-refractivity contribution in [2.45, 2.75) is 39.3 Å². The zero-order valence-corrected chi connectivity index (χ0v) is 14.5. The summed E-state index contributed by atoms with van der Waals surface area (Å²) in [5.41, 5.74) is 0.941. The average molecular weight is 372 g/mol. The molecular formula is C16H22BrNO4. The molecule has 0 aliphatic heterocycles. The first kappa shape index (κ1) is 18.6. The van der Waals surface area contributed by atoms with Crippen molar-refractivity contribution in [1.82, 2.24) is 4.90 Å². The minimum Gasteiger partial charge on any atom is -0.481 e. The topological polar surface area (TPSA) is 66.8 Å². The van der Waals surface area contributed by atoms with Crippen LogP contribution in [0.3, 0.4) is 0 Å². The number of benzene rings is 1. The monoisotopic (exact) mass is 371 g/mol. The third kappa shape index (κ3) is 7.04. The molecule has 5 nitrogen and oxygen atoms in total. The van der Waals surface area contributed by atoms with Crippen molar-refractivity contribution in [3.63, 3.8) is 0 Å². The van der Waals surface area contributed by atoms with E-state index in [1.54, 1.807) is 0 Å². The van der Waals surface area contributed by atoms with Crippen LogP contribution in [0.5, 0.6) is 0 Å². The lowest BCUT2D eigenvalue weighted by Gasteiger charge is -2.23. The Labute approximate surface area is 139 Å². The number of aliphatic carboxylic acids is 1. The summed E-state index contributed by atoms with van der Waals surface area (Å²) < 4.78 is 6.38. The Morgan fingerprint density at radius 3 is 2.73 bits per heavy atom. The number of nitrogens with zero attached hydrogens (tertiary/aromatic N) is 1. The van der Waals surface area contributed by atoms with Gasteiger partial charge < -0.3 is 14.7 Å². The molecule has 6 heteroatoms. The Balaban J connectivity index is 2.69. The van der Waals surface area contributed by atoms with Crippen LogP contribution in [0.25, 0.3) is 0 Å². The van der Waals surface area contributed by atoms with Crippen molar-refractivity contribution in [2.75, 3.05) is 13.2 Å². The van der Waals surface area contributed by atoms with E-state index in [0.717, 1.165) is 16.5 Å². The molecule has 1 rings (SSSR count). The second kappa shape index (κ2) is 9.58. The molecule has 1 N–H and O–H groups in total. The summed E-state index contributed by atoms with van der Waals surface area (Å²) in [4.78, 5) is 24.6. The summed E-state index contributed by atoms with van der Waals surface area (Å²) in [5, 5.41) is 8.83. The van der Waals surface area contributed by atoms with Gasteiger partial charge in [-0.2, -0.15) is 0 Å². The van der Waals surface area contributed by atoms with E-state index in [1.165, 1.54) is 4.90 Å². The van der Waals surface area contributed by atoms with Gasteiger partial charge >= 0.3 is 5.97 Å². The minimum absolute atomic E-state index is 0.0103. The maximum atomic E-state index is 12.3. The summed E-state index contributed by atoms with van der Waals surface area (Å²) in [6.07, 6.45) is 0.757. The predicted octanol–water partition coefficient (Wildman–Crippen LogP) is 3.07. The number of hydrogen-bond donors (Lipinski definition) is 1. The molecule has 122 valence electrons. The molecular weight excluding hydrogens is 350 g/mol. The maximum Gasteiger partial charge on any atom is 0.305 e. The highest BCUT2D eigenvalue weighted by Crippen LogP contribution is 2.14. The summed E-state index contributed by atoms with van der Waals surface area (Å²) in [5.74, 6) is -1.11. The second-order valence-corrected chi connectivity index (χ2v) is 6.03. The molecule has 1 aromatic carbocycles. The van der Waals surface area contributed by atoms with Gasteiger partial charge in [-0.3, -0.25) is 9.59 Å². The molecule has 1 unspecified atom stereocenters. The normalized spacial score (nSPS) is 12.0. The lowest BCUT2D eigenvalue weighted by Crippen LogP contribution is -2.36. The van der Waals surface area contributed by atoms with Crippen LogP contribution in [-0.4, -0.2) is 41.1 Å². The van der Waals surface area contributed by atoms with E-state index in [9.17, 15) is 9.59 Å². The summed E-state index contributed by atoms with van der Waals surface area (Å²) in [6.45, 7) is 4.41. The zero-order valence-electron chi connectivity index (χ0n) is 12.9. The minimum atomic E-state index is -0.921. The Morgan fingerprint density at radius 2 is 2.14 bits per heavy atom. The van der Waals surface area contributed by atoms with Crippen LogP contribution < -0.4 is 0 Å². The van der Waals surface area contributed by atoms with Crippen molar-refractivity contribution < 1.29 is 19.4 Å². The average Bonchev–Trinajstić information content (AvgIpc) is 2.48. The number of carboxylic acid groups (broad SMARTS) is 1. The van der Waals surface area contributed by atoms with Crippen molar-refractivity contribution in [2.24, 2.45) is 0 Å². The van der Waals surface area contributed by atoms with E-state index in [4.69, 9.17) is 9.84 Å². The Hall–Kier alpha value is -1.40. The number of ether oxygens (including phenoxy) is 1. The molecule has 0 bridgehead atoms. The first-order valence-corrected chi connectivity index (χ1v) is 8.07. The molecule has 1 amide bonds. The quantitative estimate of drug-likeness (QED) is 0.724. The van der Waals surface area contributed by atoms with Crippen molar-refractivity contribution in [3.05, 3.63) is 34.3 Å². The standard InChI is InChI=1S/C16H22BrNO4/c1-3-12(2)22-11-15(19)18(8-7-16(20)21)10-13-5-4-6-14(17)9-13/h4-6,9,12H,3,7-8,10-11H2,1-2H3,(H,20,21). The number of hydrogen-bond acceptors (Lipinski definition) is 3. The predicted molar refractivity (Wildman–Crippen MR) is 87.5 cm³/mol. The number of halogens is 1. The molecule has 0 fully saturated rings. The highest BCUT2D eigenvalue weighted by Gasteiger charge is 2.16. The van der Waals surface area contributed by atoms with Gasteiger partial charge in [0, 0.05) is 17.6 Å². The number of amides is 1. The van der Waals surface area contributed by atoms with Gasteiger partial charge in [-0.15, -0.1) is 0 Å². The Kier molecular flexibility index (Phi) is 8.12. The lowest BCUT2D eigenvalue weighted by molar-refractivity contribution is -0.141. The molecule has 0 saturated heterocycles. The number of rotatable bonds is 9. The van der Waals surface area contributed by atoms with Crippen molar-refractivity contribution in [3.8, 4) is 0 Å². The van der Waals surface area contributed by atoms with Gasteiger partial charge in [0.1, 0.15) is 6.61 Å². The smallest absolute Gasteiger partial charge is 0.305 e. The van der Waals surface area contributed by atoms with E-state index in [-0.39, 0.29) is 31.6 Å². The van der Waals surface area contributed by atoms with Crippen molar-refractivity contribution in [1.29, 1.82) is 0 Å². The van der Waals surface area contributed by atoms with Gasteiger partial charge in [-0.05, 0) is 31.0 Å². The molecule has 0 heterocycles. The number of carbonyl (C=O) groups excluding carboxylic acids is 1. The SMILES string of the molecule is CCC(C)OCC(=O)N(CCC(=O)O)Cc1cccc(Br)c1. The van der Waals surface area contributed by atoms with Crippen LogP contribution in [0.2, 0.25) is 0 Å². The van der Waals surface area contributed by atoms with Crippen LogP contribution in [0.4, 0.5) is 0 Å². The third-order valence-corrected chi connectivity index (χ3v) is 3.77. The highest BCUT2D eigenvalue weighted by molar-refractivity contribution is 9.10. The largest absolute Gasteiger partial charge is 0.481 e. The van der Waals surface area contributed by atoms with E-state index >= 15 is 0 Å².